The predicted octanol–water partition coefficient (Wildman–Crippen LogP) is 3.66. The molecular weight excluding hydrogens is 367 g/mol. The maximum absolute atomic E-state index is 13.9. The molecule has 0 unspecified atom stereocenters. The van der Waals surface area contributed by atoms with E-state index in [0.717, 1.165) is 48.1 Å². The van der Waals surface area contributed by atoms with Crippen molar-refractivity contribution in [3.63, 3.8) is 0 Å². The van der Waals surface area contributed by atoms with Crippen molar-refractivity contribution in [1.82, 2.24) is 4.90 Å². The van der Waals surface area contributed by atoms with E-state index in [4.69, 9.17) is 16.3 Å². The van der Waals surface area contributed by atoms with E-state index in [9.17, 15) is 9.50 Å². The molecule has 0 aliphatic carbocycles. The van der Waals surface area contributed by atoms with Crippen LogP contribution in [0.15, 0.2) is 36.4 Å². The van der Waals surface area contributed by atoms with Gasteiger partial charge in [-0.15, -0.1) is 0 Å². The van der Waals surface area contributed by atoms with Gasteiger partial charge in [0.05, 0.1) is 5.69 Å². The summed E-state index contributed by atoms with van der Waals surface area (Å²) in [5.74, 6) is 0.533. The molecule has 0 spiro atoms. The average molecular weight is 393 g/mol. The number of aliphatic hydroxyl groups excluding tert-OH is 1. The number of halogens is 2. The third kappa shape index (κ3) is 5.12. The highest BCUT2D eigenvalue weighted by molar-refractivity contribution is 6.32. The molecule has 27 heavy (non-hydrogen) atoms. The van der Waals surface area contributed by atoms with Gasteiger partial charge in [0.1, 0.15) is 24.3 Å². The first-order valence-electron chi connectivity index (χ1n) is 9.23. The van der Waals surface area contributed by atoms with Gasteiger partial charge in [0, 0.05) is 37.7 Å². The Morgan fingerprint density at radius 3 is 2.37 bits per heavy atom. The lowest BCUT2D eigenvalue weighted by molar-refractivity contribution is 0.0662. The zero-order valence-electron chi connectivity index (χ0n) is 15.8. The summed E-state index contributed by atoms with van der Waals surface area (Å²) in [4.78, 5) is 4.23. The van der Waals surface area contributed by atoms with Gasteiger partial charge < -0.3 is 14.7 Å². The summed E-state index contributed by atoms with van der Waals surface area (Å²) in [6.45, 7) is 7.69. The first kappa shape index (κ1) is 19.9. The number of anilines is 1. The molecule has 3 rings (SSSR count). The fourth-order valence-corrected chi connectivity index (χ4v) is 3.52. The maximum Gasteiger partial charge on any atom is 0.146 e. The van der Waals surface area contributed by atoms with Gasteiger partial charge >= 0.3 is 0 Å². The zero-order chi connectivity index (χ0) is 19.4. The fourth-order valence-electron chi connectivity index (χ4n) is 3.41. The second-order valence-electron chi connectivity index (χ2n) is 7.07. The molecule has 1 atom stereocenters. The highest BCUT2D eigenvalue weighted by atomic mass is 35.5. The van der Waals surface area contributed by atoms with E-state index in [0.29, 0.717) is 12.2 Å². The Bertz CT molecular complexity index is 756. The number of nitrogens with zero attached hydrogens (tertiary/aromatic N) is 2. The lowest BCUT2D eigenvalue weighted by atomic mass is 10.1. The molecule has 146 valence electrons. The smallest absolute Gasteiger partial charge is 0.146 e. The number of para-hydroxylation sites is 1. The molecule has 1 aliphatic heterocycles. The lowest BCUT2D eigenvalue weighted by Gasteiger charge is -2.36. The normalized spacial score (nSPS) is 16.4. The number of aryl methyl sites for hydroxylation is 2. The first-order chi connectivity index (χ1) is 12.9. The van der Waals surface area contributed by atoms with E-state index in [-0.39, 0.29) is 12.4 Å². The van der Waals surface area contributed by atoms with Crippen LogP contribution in [0.2, 0.25) is 5.02 Å². The summed E-state index contributed by atoms with van der Waals surface area (Å²) in [6, 6.07) is 10.6. The third-order valence-corrected chi connectivity index (χ3v) is 5.48. The van der Waals surface area contributed by atoms with Crippen molar-refractivity contribution in [3.05, 3.63) is 58.4 Å². The summed E-state index contributed by atoms with van der Waals surface area (Å²) < 4.78 is 19.6. The highest BCUT2D eigenvalue weighted by Crippen LogP contribution is 2.26. The minimum Gasteiger partial charge on any atom is -0.491 e. The number of ether oxygens (including phenoxy) is 1. The summed E-state index contributed by atoms with van der Waals surface area (Å²) in [5, 5.41) is 11.1. The number of benzene rings is 2. The molecule has 2 aromatic rings. The molecule has 4 nitrogen and oxygen atoms in total. The Labute approximate surface area is 165 Å². The van der Waals surface area contributed by atoms with E-state index < -0.39 is 6.10 Å². The molecule has 6 heteroatoms. The minimum atomic E-state index is -0.582. The summed E-state index contributed by atoms with van der Waals surface area (Å²) >= 11 is 6.17. The van der Waals surface area contributed by atoms with Crippen molar-refractivity contribution in [1.29, 1.82) is 0 Å². The van der Waals surface area contributed by atoms with Gasteiger partial charge in [-0.05, 0) is 49.2 Å². The van der Waals surface area contributed by atoms with Gasteiger partial charge in [-0.25, -0.2) is 4.39 Å². The standard InChI is InChI=1S/C21H26ClFN2O2/c1-15-11-18(12-16(2)21(15)22)27-14-17(26)13-24-7-9-25(10-8-24)20-6-4-3-5-19(20)23/h3-6,11-12,17,26H,7-10,13-14H2,1-2H3/t17-/m0/s1. The molecule has 0 bridgehead atoms. The van der Waals surface area contributed by atoms with Crippen molar-refractivity contribution in [3.8, 4) is 5.75 Å². The second kappa shape index (κ2) is 8.91. The quantitative estimate of drug-likeness (QED) is 0.813. The van der Waals surface area contributed by atoms with E-state index in [1.807, 2.05) is 43.0 Å². The zero-order valence-corrected chi connectivity index (χ0v) is 16.5. The number of piperazine rings is 1. The van der Waals surface area contributed by atoms with Crippen LogP contribution in [0.25, 0.3) is 0 Å². The third-order valence-electron chi connectivity index (χ3n) is 4.89. The Kier molecular flexibility index (Phi) is 6.58. The van der Waals surface area contributed by atoms with Crippen LogP contribution in [0.5, 0.6) is 5.75 Å². The molecule has 1 aliphatic rings. The number of hydrogen-bond donors (Lipinski definition) is 1. The van der Waals surface area contributed by atoms with Crippen LogP contribution >= 0.6 is 11.6 Å². The molecule has 0 amide bonds. The van der Waals surface area contributed by atoms with Crippen LogP contribution in [0, 0.1) is 19.7 Å². The van der Waals surface area contributed by atoms with Gasteiger partial charge in [-0.1, -0.05) is 23.7 Å². The van der Waals surface area contributed by atoms with E-state index in [1.54, 1.807) is 6.07 Å². The second-order valence-corrected chi connectivity index (χ2v) is 7.45. The largest absolute Gasteiger partial charge is 0.491 e. The Balaban J connectivity index is 1.46. The Hall–Kier alpha value is -1.82. The molecular formula is C21H26ClFN2O2. The van der Waals surface area contributed by atoms with Gasteiger partial charge in [0.25, 0.3) is 0 Å². The summed E-state index contributed by atoms with van der Waals surface area (Å²) in [6.07, 6.45) is -0.582. The van der Waals surface area contributed by atoms with Crippen LogP contribution in [0.1, 0.15) is 11.1 Å². The molecule has 0 saturated carbocycles. The molecule has 1 heterocycles. The molecule has 0 aromatic heterocycles. The fraction of sp³-hybridized carbons (Fsp3) is 0.429. The van der Waals surface area contributed by atoms with Crippen molar-refractivity contribution in [2.75, 3.05) is 44.2 Å². The summed E-state index contributed by atoms with van der Waals surface area (Å²) in [7, 11) is 0. The van der Waals surface area contributed by atoms with E-state index in [1.165, 1.54) is 6.07 Å². The molecule has 0 radical (unpaired) electrons. The molecule has 2 aromatic carbocycles. The van der Waals surface area contributed by atoms with Gasteiger partial charge in [-0.2, -0.15) is 0 Å². The average Bonchev–Trinajstić information content (AvgIpc) is 2.65. The highest BCUT2D eigenvalue weighted by Gasteiger charge is 2.21. The number of rotatable bonds is 6. The molecule has 1 saturated heterocycles. The van der Waals surface area contributed by atoms with Crippen molar-refractivity contribution < 1.29 is 14.2 Å². The van der Waals surface area contributed by atoms with Crippen LogP contribution in [-0.4, -0.2) is 55.4 Å². The van der Waals surface area contributed by atoms with Crippen LogP contribution in [-0.2, 0) is 0 Å². The Morgan fingerprint density at radius 1 is 1.11 bits per heavy atom. The van der Waals surface area contributed by atoms with Gasteiger partial charge in [0.2, 0.25) is 0 Å². The van der Waals surface area contributed by atoms with Crippen LogP contribution in [0.3, 0.4) is 0 Å². The SMILES string of the molecule is Cc1cc(OC[C@@H](O)CN2CCN(c3ccccc3F)CC2)cc(C)c1Cl. The van der Waals surface area contributed by atoms with Crippen molar-refractivity contribution in [2.45, 2.75) is 20.0 Å². The summed E-state index contributed by atoms with van der Waals surface area (Å²) in [5.41, 5.74) is 2.57. The molecule has 1 fully saturated rings. The van der Waals surface area contributed by atoms with Crippen molar-refractivity contribution >= 4 is 17.3 Å². The first-order valence-corrected chi connectivity index (χ1v) is 9.61. The van der Waals surface area contributed by atoms with E-state index >= 15 is 0 Å². The van der Waals surface area contributed by atoms with Crippen LogP contribution in [0.4, 0.5) is 10.1 Å². The number of hydrogen-bond acceptors (Lipinski definition) is 4. The molecule has 1 N–H and O–H groups in total. The minimum absolute atomic E-state index is 0.187. The number of aliphatic hydroxyl groups is 1. The Morgan fingerprint density at radius 2 is 1.74 bits per heavy atom. The van der Waals surface area contributed by atoms with E-state index in [2.05, 4.69) is 4.90 Å². The lowest BCUT2D eigenvalue weighted by Crippen LogP contribution is -2.49. The number of β-amino-alcohol motifs (C(OH)–C–C–N with tert-alkyl or cyclic N) is 1. The van der Waals surface area contributed by atoms with Crippen LogP contribution < -0.4 is 9.64 Å². The monoisotopic (exact) mass is 392 g/mol. The van der Waals surface area contributed by atoms with Crippen molar-refractivity contribution in [2.24, 2.45) is 0 Å². The van der Waals surface area contributed by atoms with Gasteiger partial charge in [-0.3, -0.25) is 4.90 Å². The predicted molar refractivity (Wildman–Crippen MR) is 107 cm³/mol. The maximum atomic E-state index is 13.9. The topological polar surface area (TPSA) is 35.9 Å². The van der Waals surface area contributed by atoms with Gasteiger partial charge in [0.15, 0.2) is 0 Å².